The van der Waals surface area contributed by atoms with Gasteiger partial charge in [-0.15, -0.1) is 11.3 Å². The van der Waals surface area contributed by atoms with E-state index in [1.165, 1.54) is 0 Å². The smallest absolute Gasteiger partial charge is 0.338 e. The van der Waals surface area contributed by atoms with Crippen LogP contribution < -0.4 is 9.47 Å². The fraction of sp³-hybridized carbons (Fsp3) is 0.227. The number of thiazole rings is 1. The number of hydrogen-bond acceptors (Lipinski definition) is 8. The number of hydrogen-bond donors (Lipinski definition) is 0. The number of Topliss-reactive ketones (excluding diaryl/α,β-unsaturated/α-hetero) is 1. The Hall–Kier alpha value is -2.84. The Labute approximate surface area is 182 Å². The number of aromatic nitrogens is 1. The molecule has 0 atom stereocenters. The highest BCUT2D eigenvalue weighted by Crippen LogP contribution is 2.31. The largest absolute Gasteiger partial charge is 0.486 e. The van der Waals surface area contributed by atoms with Crippen molar-refractivity contribution in [2.75, 3.05) is 19.8 Å². The number of fused-ring (bicyclic) bond motifs is 1. The van der Waals surface area contributed by atoms with Gasteiger partial charge in [0, 0.05) is 22.4 Å². The summed E-state index contributed by atoms with van der Waals surface area (Å²) in [7, 11) is 0. The molecule has 1 aliphatic heterocycles. The fourth-order valence-electron chi connectivity index (χ4n) is 2.89. The van der Waals surface area contributed by atoms with Crippen molar-refractivity contribution in [2.45, 2.75) is 17.0 Å². The van der Waals surface area contributed by atoms with Crippen molar-refractivity contribution in [1.82, 2.24) is 4.98 Å². The summed E-state index contributed by atoms with van der Waals surface area (Å²) in [6, 6.07) is 12.2. The first-order chi connectivity index (χ1) is 14.6. The summed E-state index contributed by atoms with van der Waals surface area (Å²) < 4.78 is 17.2. The maximum atomic E-state index is 12.6. The molecule has 0 unspecified atom stereocenters. The van der Waals surface area contributed by atoms with Crippen LogP contribution in [0.4, 0.5) is 0 Å². The van der Waals surface area contributed by atoms with E-state index < -0.39 is 5.97 Å². The molecule has 0 N–H and O–H groups in total. The minimum Gasteiger partial charge on any atom is -0.486 e. The van der Waals surface area contributed by atoms with Gasteiger partial charge in [-0.1, -0.05) is 30.0 Å². The maximum Gasteiger partial charge on any atom is 0.338 e. The number of carbonyl (C=O) groups is 2. The van der Waals surface area contributed by atoms with Crippen LogP contribution in [0, 0.1) is 6.92 Å². The molecule has 1 aliphatic rings. The number of ketones is 1. The number of carbonyl (C=O) groups excluding carboxylic acids is 2. The van der Waals surface area contributed by atoms with E-state index in [1.807, 2.05) is 24.4 Å². The van der Waals surface area contributed by atoms with E-state index in [4.69, 9.17) is 14.2 Å². The number of benzene rings is 2. The first-order valence-corrected chi connectivity index (χ1v) is 11.2. The Morgan fingerprint density at radius 1 is 1.13 bits per heavy atom. The lowest BCUT2D eigenvalue weighted by atomic mass is 10.1. The quantitative estimate of drug-likeness (QED) is 0.302. The van der Waals surface area contributed by atoms with Crippen LogP contribution in [0.2, 0.25) is 0 Å². The molecule has 0 amide bonds. The van der Waals surface area contributed by atoms with Crippen molar-refractivity contribution >= 4 is 34.9 Å². The lowest BCUT2D eigenvalue weighted by Gasteiger charge is -2.18. The monoisotopic (exact) mass is 441 g/mol. The van der Waals surface area contributed by atoms with E-state index in [0.29, 0.717) is 41.6 Å². The highest BCUT2D eigenvalue weighted by atomic mass is 32.2. The zero-order valence-corrected chi connectivity index (χ0v) is 17.9. The number of aryl methyl sites for hydroxylation is 1. The molecule has 2 aromatic carbocycles. The first kappa shape index (κ1) is 20.4. The zero-order chi connectivity index (χ0) is 20.9. The van der Waals surface area contributed by atoms with E-state index >= 15 is 0 Å². The fourth-order valence-corrected chi connectivity index (χ4v) is 4.75. The van der Waals surface area contributed by atoms with Gasteiger partial charge in [-0.3, -0.25) is 4.79 Å². The number of rotatable bonds is 7. The highest BCUT2D eigenvalue weighted by molar-refractivity contribution is 8.00. The van der Waals surface area contributed by atoms with Crippen molar-refractivity contribution in [3.8, 4) is 11.5 Å². The molecule has 4 rings (SSSR count). The van der Waals surface area contributed by atoms with Gasteiger partial charge in [0.05, 0.1) is 5.56 Å². The maximum absolute atomic E-state index is 12.6. The first-order valence-electron chi connectivity index (χ1n) is 9.33. The molecule has 1 aromatic heterocycles. The van der Waals surface area contributed by atoms with Crippen molar-refractivity contribution in [3.63, 3.8) is 0 Å². The molecule has 154 valence electrons. The summed E-state index contributed by atoms with van der Waals surface area (Å²) >= 11 is 3.14. The summed E-state index contributed by atoms with van der Waals surface area (Å²) in [6.07, 6.45) is 0. The van der Waals surface area contributed by atoms with Crippen LogP contribution in [0.5, 0.6) is 11.5 Å². The number of thioether (sulfide) groups is 1. The van der Waals surface area contributed by atoms with Crippen LogP contribution in [-0.2, 0) is 10.5 Å². The molecule has 0 saturated carbocycles. The zero-order valence-electron chi connectivity index (χ0n) is 16.3. The molecule has 6 nitrogen and oxygen atoms in total. The minimum atomic E-state index is -0.521. The summed E-state index contributed by atoms with van der Waals surface area (Å²) in [5.74, 6) is 0.904. The highest BCUT2D eigenvalue weighted by Gasteiger charge is 2.18. The number of esters is 1. The molecule has 8 heteroatoms. The SMILES string of the molecule is Cc1csc(SCc2ccccc2C(=O)OCC(=O)c2ccc3c(c2)OCCO3)n1. The average Bonchev–Trinajstić information content (AvgIpc) is 3.20. The van der Waals surface area contributed by atoms with Gasteiger partial charge in [-0.05, 0) is 36.8 Å². The summed E-state index contributed by atoms with van der Waals surface area (Å²) in [5, 5.41) is 1.99. The topological polar surface area (TPSA) is 74.7 Å². The number of nitrogens with zero attached hydrogens (tertiary/aromatic N) is 1. The van der Waals surface area contributed by atoms with Crippen molar-refractivity contribution in [3.05, 3.63) is 70.2 Å². The van der Waals surface area contributed by atoms with Gasteiger partial charge < -0.3 is 14.2 Å². The predicted octanol–water partition coefficient (Wildman–Crippen LogP) is 4.55. The van der Waals surface area contributed by atoms with E-state index in [0.717, 1.165) is 15.6 Å². The van der Waals surface area contributed by atoms with Crippen LogP contribution >= 0.6 is 23.1 Å². The molecular weight excluding hydrogens is 422 g/mol. The number of ether oxygens (including phenoxy) is 3. The molecule has 30 heavy (non-hydrogen) atoms. The van der Waals surface area contributed by atoms with E-state index in [2.05, 4.69) is 4.98 Å². The van der Waals surface area contributed by atoms with E-state index in [1.54, 1.807) is 53.4 Å². The van der Waals surface area contributed by atoms with Gasteiger partial charge in [-0.2, -0.15) is 0 Å². The van der Waals surface area contributed by atoms with E-state index in [-0.39, 0.29) is 12.4 Å². The molecule has 0 saturated heterocycles. The molecule has 3 aromatic rings. The molecule has 0 spiro atoms. The Kier molecular flexibility index (Phi) is 6.35. The second-order valence-corrected chi connectivity index (χ2v) is 8.64. The summed E-state index contributed by atoms with van der Waals surface area (Å²) in [6.45, 7) is 2.53. The van der Waals surface area contributed by atoms with Gasteiger partial charge in [-0.25, -0.2) is 9.78 Å². The van der Waals surface area contributed by atoms with Crippen LogP contribution in [0.3, 0.4) is 0 Å². The minimum absolute atomic E-state index is 0.301. The standard InChI is InChI=1S/C22H19NO5S2/c1-14-12-29-22(23-14)30-13-16-4-2-3-5-17(16)21(25)28-11-18(24)15-6-7-19-20(10-15)27-9-8-26-19/h2-7,10,12H,8-9,11,13H2,1H3. The van der Waals surface area contributed by atoms with Crippen LogP contribution in [0.1, 0.15) is 32.0 Å². The molecule has 0 bridgehead atoms. The Balaban J connectivity index is 1.38. The summed E-state index contributed by atoms with van der Waals surface area (Å²) in [5.41, 5.74) is 2.68. The average molecular weight is 442 g/mol. The van der Waals surface area contributed by atoms with Crippen molar-refractivity contribution < 1.29 is 23.8 Å². The summed E-state index contributed by atoms with van der Waals surface area (Å²) in [4.78, 5) is 29.5. The predicted molar refractivity (Wildman–Crippen MR) is 115 cm³/mol. The third kappa shape index (κ3) is 4.83. The second kappa shape index (κ2) is 9.32. The molecule has 2 heterocycles. The molecule has 0 aliphatic carbocycles. The van der Waals surface area contributed by atoms with Crippen LogP contribution in [0.25, 0.3) is 0 Å². The molecule has 0 radical (unpaired) electrons. The molecule has 0 fully saturated rings. The third-order valence-corrected chi connectivity index (χ3v) is 6.57. The second-order valence-electron chi connectivity index (χ2n) is 6.56. The Morgan fingerprint density at radius 3 is 2.73 bits per heavy atom. The lowest BCUT2D eigenvalue weighted by Crippen LogP contribution is -2.17. The van der Waals surface area contributed by atoms with E-state index in [9.17, 15) is 9.59 Å². The van der Waals surface area contributed by atoms with Gasteiger partial charge in [0.1, 0.15) is 17.6 Å². The van der Waals surface area contributed by atoms with Gasteiger partial charge in [0.25, 0.3) is 0 Å². The Morgan fingerprint density at radius 2 is 1.93 bits per heavy atom. The van der Waals surface area contributed by atoms with Gasteiger partial charge in [0.15, 0.2) is 23.9 Å². The normalized spacial score (nSPS) is 12.4. The van der Waals surface area contributed by atoms with Crippen LogP contribution in [-0.4, -0.2) is 36.6 Å². The van der Waals surface area contributed by atoms with Crippen LogP contribution in [0.15, 0.2) is 52.2 Å². The van der Waals surface area contributed by atoms with Gasteiger partial charge in [0.2, 0.25) is 0 Å². The van der Waals surface area contributed by atoms with Crippen molar-refractivity contribution in [1.29, 1.82) is 0 Å². The molecular formula is C22H19NO5S2. The van der Waals surface area contributed by atoms with Gasteiger partial charge >= 0.3 is 5.97 Å². The lowest BCUT2D eigenvalue weighted by molar-refractivity contribution is 0.0473. The Bertz CT molecular complexity index is 1080. The third-order valence-electron chi connectivity index (χ3n) is 4.38. The van der Waals surface area contributed by atoms with Crippen molar-refractivity contribution in [2.24, 2.45) is 0 Å².